The minimum Gasteiger partial charge on any atom is -0.342 e. The lowest BCUT2D eigenvalue weighted by atomic mass is 9.84. The third kappa shape index (κ3) is 3.61. The van der Waals surface area contributed by atoms with E-state index in [4.69, 9.17) is 11.6 Å². The molecule has 1 aliphatic heterocycles. The highest BCUT2D eigenvalue weighted by atomic mass is 35.5. The van der Waals surface area contributed by atoms with Crippen molar-refractivity contribution >= 4 is 17.5 Å². The van der Waals surface area contributed by atoms with Gasteiger partial charge in [0.15, 0.2) is 0 Å². The van der Waals surface area contributed by atoms with Crippen molar-refractivity contribution in [3.63, 3.8) is 0 Å². The van der Waals surface area contributed by atoms with Gasteiger partial charge in [0.2, 0.25) is 5.91 Å². The lowest BCUT2D eigenvalue weighted by Crippen LogP contribution is -2.47. The Hall–Kier alpha value is -1.13. The predicted octanol–water partition coefficient (Wildman–Crippen LogP) is 3.36. The Labute approximate surface area is 135 Å². The number of likely N-dealkylation sites (tertiary alicyclic amines) is 1. The second-order valence-corrected chi connectivity index (χ2v) is 6.76. The first-order valence-corrected chi connectivity index (χ1v) is 8.47. The molecule has 1 aliphatic carbocycles. The summed E-state index contributed by atoms with van der Waals surface area (Å²) in [6.45, 7) is 2.37. The largest absolute Gasteiger partial charge is 0.342 e. The first-order chi connectivity index (χ1) is 10.6. The van der Waals surface area contributed by atoms with Gasteiger partial charge in [-0.05, 0) is 43.4 Å². The van der Waals surface area contributed by atoms with Crippen LogP contribution in [0.3, 0.4) is 0 Å². The molecule has 1 amide bonds. The molecule has 0 radical (unpaired) electrons. The second-order valence-electron chi connectivity index (χ2n) is 6.36. The molecule has 3 rings (SSSR count). The number of hydrogen-bond acceptors (Lipinski definition) is 2. The molecular formula is C17H22ClFN2O. The molecule has 1 N–H and O–H groups in total. The van der Waals surface area contributed by atoms with Gasteiger partial charge in [-0.25, -0.2) is 4.39 Å². The number of halogens is 2. The van der Waals surface area contributed by atoms with Crippen LogP contribution >= 0.6 is 11.6 Å². The summed E-state index contributed by atoms with van der Waals surface area (Å²) in [5.41, 5.74) is 0.986. The standard InChI is InChI=1S/C17H22ClFN2O/c18-15-10-12(4-5-16(15)19)11-20-14-6-8-21(9-7-14)17(22)13-2-1-3-13/h4-5,10,13-14,20H,1-3,6-9,11H2. The average molecular weight is 325 g/mol. The van der Waals surface area contributed by atoms with Crippen molar-refractivity contribution < 1.29 is 9.18 Å². The van der Waals surface area contributed by atoms with Gasteiger partial charge in [-0.3, -0.25) is 4.79 Å². The monoisotopic (exact) mass is 324 g/mol. The Kier molecular flexibility index (Phi) is 4.99. The van der Waals surface area contributed by atoms with Crippen molar-refractivity contribution in [1.29, 1.82) is 0 Å². The van der Waals surface area contributed by atoms with Crippen molar-refractivity contribution in [3.05, 3.63) is 34.6 Å². The SMILES string of the molecule is O=C(C1CCC1)N1CCC(NCc2ccc(F)c(Cl)c2)CC1. The number of benzene rings is 1. The quantitative estimate of drug-likeness (QED) is 0.921. The van der Waals surface area contributed by atoms with Crippen molar-refractivity contribution in [1.82, 2.24) is 10.2 Å². The molecule has 0 spiro atoms. The minimum absolute atomic E-state index is 0.167. The molecule has 3 nitrogen and oxygen atoms in total. The number of piperidine rings is 1. The number of rotatable bonds is 4. The maximum Gasteiger partial charge on any atom is 0.225 e. The zero-order chi connectivity index (χ0) is 15.5. The van der Waals surface area contributed by atoms with E-state index in [0.717, 1.165) is 44.3 Å². The van der Waals surface area contributed by atoms with E-state index in [1.54, 1.807) is 12.1 Å². The van der Waals surface area contributed by atoms with Gasteiger partial charge in [0, 0.05) is 31.6 Å². The van der Waals surface area contributed by atoms with Crippen LogP contribution in [0.25, 0.3) is 0 Å². The molecule has 1 saturated carbocycles. The normalized spacial score (nSPS) is 20.0. The van der Waals surface area contributed by atoms with E-state index in [9.17, 15) is 9.18 Å². The van der Waals surface area contributed by atoms with Crippen LogP contribution in [-0.2, 0) is 11.3 Å². The Morgan fingerprint density at radius 2 is 2.00 bits per heavy atom. The Morgan fingerprint density at radius 3 is 2.59 bits per heavy atom. The zero-order valence-corrected chi connectivity index (χ0v) is 13.4. The summed E-state index contributed by atoms with van der Waals surface area (Å²) < 4.78 is 13.1. The second kappa shape index (κ2) is 6.97. The van der Waals surface area contributed by atoms with Gasteiger partial charge >= 0.3 is 0 Å². The maximum absolute atomic E-state index is 13.1. The molecule has 1 aromatic carbocycles. The van der Waals surface area contributed by atoms with E-state index >= 15 is 0 Å². The predicted molar refractivity (Wildman–Crippen MR) is 85.2 cm³/mol. The molecule has 1 heterocycles. The molecule has 5 heteroatoms. The molecule has 120 valence electrons. The third-order valence-corrected chi connectivity index (χ3v) is 5.13. The van der Waals surface area contributed by atoms with Gasteiger partial charge in [0.25, 0.3) is 0 Å². The van der Waals surface area contributed by atoms with Gasteiger partial charge in [-0.2, -0.15) is 0 Å². The molecule has 2 aliphatic rings. The summed E-state index contributed by atoms with van der Waals surface area (Å²) in [7, 11) is 0. The van der Waals surface area contributed by atoms with Crippen molar-refractivity contribution in [2.24, 2.45) is 5.92 Å². The maximum atomic E-state index is 13.1. The minimum atomic E-state index is -0.381. The smallest absolute Gasteiger partial charge is 0.225 e. The summed E-state index contributed by atoms with van der Waals surface area (Å²) in [5, 5.41) is 3.65. The highest BCUT2D eigenvalue weighted by Gasteiger charge is 2.31. The molecule has 0 unspecified atom stereocenters. The van der Waals surface area contributed by atoms with Gasteiger partial charge in [0.1, 0.15) is 5.82 Å². The van der Waals surface area contributed by atoms with Crippen molar-refractivity contribution in [2.75, 3.05) is 13.1 Å². The third-order valence-electron chi connectivity index (χ3n) is 4.84. The van der Waals surface area contributed by atoms with Crippen LogP contribution in [0, 0.1) is 11.7 Å². The molecular weight excluding hydrogens is 303 g/mol. The molecule has 0 bridgehead atoms. The van der Waals surface area contributed by atoms with Crippen LogP contribution in [0.2, 0.25) is 5.02 Å². The van der Waals surface area contributed by atoms with Crippen molar-refractivity contribution in [2.45, 2.75) is 44.7 Å². The highest BCUT2D eigenvalue weighted by molar-refractivity contribution is 6.30. The van der Waals surface area contributed by atoms with Gasteiger partial charge in [-0.15, -0.1) is 0 Å². The van der Waals surface area contributed by atoms with Crippen LogP contribution < -0.4 is 5.32 Å². The first kappa shape index (κ1) is 15.8. The fourth-order valence-corrected chi connectivity index (χ4v) is 3.33. The lowest BCUT2D eigenvalue weighted by molar-refractivity contribution is -0.139. The summed E-state index contributed by atoms with van der Waals surface area (Å²) in [6, 6.07) is 5.23. The van der Waals surface area contributed by atoms with E-state index in [0.29, 0.717) is 24.4 Å². The fourth-order valence-electron chi connectivity index (χ4n) is 3.13. The first-order valence-electron chi connectivity index (χ1n) is 8.09. The number of nitrogens with zero attached hydrogens (tertiary/aromatic N) is 1. The summed E-state index contributed by atoms with van der Waals surface area (Å²) in [6.07, 6.45) is 5.31. The molecule has 0 atom stereocenters. The van der Waals surface area contributed by atoms with E-state index in [1.807, 2.05) is 4.90 Å². The molecule has 1 saturated heterocycles. The van der Waals surface area contributed by atoms with E-state index in [-0.39, 0.29) is 10.8 Å². The molecule has 1 aromatic rings. The van der Waals surface area contributed by atoms with Crippen LogP contribution in [0.4, 0.5) is 4.39 Å². The van der Waals surface area contributed by atoms with Crippen LogP contribution in [0.1, 0.15) is 37.7 Å². The van der Waals surface area contributed by atoms with Crippen LogP contribution in [0.5, 0.6) is 0 Å². The number of carbonyl (C=O) groups excluding carboxylic acids is 1. The van der Waals surface area contributed by atoms with Gasteiger partial charge in [0.05, 0.1) is 5.02 Å². The van der Waals surface area contributed by atoms with E-state index < -0.39 is 0 Å². The number of hydrogen-bond donors (Lipinski definition) is 1. The summed E-state index contributed by atoms with van der Waals surface area (Å²) in [5.74, 6) is 0.272. The topological polar surface area (TPSA) is 32.3 Å². The van der Waals surface area contributed by atoms with Crippen molar-refractivity contribution in [3.8, 4) is 0 Å². The number of carbonyl (C=O) groups is 1. The van der Waals surface area contributed by atoms with Crippen LogP contribution in [0.15, 0.2) is 18.2 Å². The average Bonchev–Trinajstić information content (AvgIpc) is 2.47. The Bertz CT molecular complexity index is 539. The Morgan fingerprint density at radius 1 is 1.27 bits per heavy atom. The molecule has 2 fully saturated rings. The zero-order valence-electron chi connectivity index (χ0n) is 12.7. The van der Waals surface area contributed by atoms with Gasteiger partial charge < -0.3 is 10.2 Å². The number of amides is 1. The van der Waals surface area contributed by atoms with E-state index in [2.05, 4.69) is 5.32 Å². The summed E-state index contributed by atoms with van der Waals surface area (Å²) >= 11 is 5.79. The summed E-state index contributed by atoms with van der Waals surface area (Å²) in [4.78, 5) is 14.2. The van der Waals surface area contributed by atoms with E-state index in [1.165, 1.54) is 12.5 Å². The van der Waals surface area contributed by atoms with Gasteiger partial charge in [-0.1, -0.05) is 24.1 Å². The highest BCUT2D eigenvalue weighted by Crippen LogP contribution is 2.29. The molecule has 0 aromatic heterocycles. The molecule has 22 heavy (non-hydrogen) atoms. The lowest BCUT2D eigenvalue weighted by Gasteiger charge is -2.36. The van der Waals surface area contributed by atoms with Crippen LogP contribution in [-0.4, -0.2) is 29.9 Å². The fraction of sp³-hybridized carbons (Fsp3) is 0.588. The number of nitrogens with one attached hydrogen (secondary N) is 1. The Balaban J connectivity index is 1.43.